The monoisotopic (exact) mass is 357 g/mol. The molecule has 25 heavy (non-hydrogen) atoms. The van der Waals surface area contributed by atoms with Crippen LogP contribution in [0.25, 0.3) is 0 Å². The van der Waals surface area contributed by atoms with Crippen molar-refractivity contribution in [3.63, 3.8) is 0 Å². The van der Waals surface area contributed by atoms with E-state index in [9.17, 15) is 4.79 Å². The number of nitrogens with zero attached hydrogens (tertiary/aromatic N) is 3. The van der Waals surface area contributed by atoms with Gasteiger partial charge in [0.25, 0.3) is 5.91 Å². The van der Waals surface area contributed by atoms with Gasteiger partial charge in [0.05, 0.1) is 0 Å². The normalized spacial score (nSPS) is 15.6. The van der Waals surface area contributed by atoms with Gasteiger partial charge >= 0.3 is 0 Å². The first-order chi connectivity index (χ1) is 11.8. The first-order valence-corrected chi connectivity index (χ1v) is 9.86. The third kappa shape index (κ3) is 4.09. The third-order valence-corrected chi connectivity index (χ3v) is 6.23. The van der Waals surface area contributed by atoms with Crippen molar-refractivity contribution >= 4 is 17.2 Å². The Morgan fingerprint density at radius 1 is 1.40 bits per heavy atom. The fraction of sp³-hybridized carbons (Fsp3) is 0.550. The Morgan fingerprint density at radius 2 is 2.12 bits per heavy atom. The molecule has 1 fully saturated rings. The van der Waals surface area contributed by atoms with E-state index < -0.39 is 0 Å². The lowest BCUT2D eigenvalue weighted by molar-refractivity contribution is 0.0993. The maximum absolute atomic E-state index is 12.7. The summed E-state index contributed by atoms with van der Waals surface area (Å²) in [6.45, 7) is 11.8. The summed E-state index contributed by atoms with van der Waals surface area (Å²) in [5, 5.41) is 0. The number of rotatable bonds is 4. The maximum atomic E-state index is 12.7. The van der Waals surface area contributed by atoms with Crippen LogP contribution in [0.2, 0.25) is 0 Å². The smallest absolute Gasteiger partial charge is 0.298 e. The zero-order chi connectivity index (χ0) is 18.2. The molecule has 1 aliphatic carbocycles. The Bertz CT molecular complexity index is 851. The average molecular weight is 358 g/mol. The van der Waals surface area contributed by atoms with Crippen molar-refractivity contribution in [2.45, 2.75) is 65.8 Å². The Hall–Kier alpha value is -1.75. The number of hydrogen-bond donors (Lipinski definition) is 0. The van der Waals surface area contributed by atoms with Crippen LogP contribution in [0, 0.1) is 12.8 Å². The summed E-state index contributed by atoms with van der Waals surface area (Å²) in [4.78, 5) is 23.5. The highest BCUT2D eigenvalue weighted by atomic mass is 32.1. The summed E-state index contributed by atoms with van der Waals surface area (Å²) in [6, 6.07) is 3.79. The average Bonchev–Trinajstić information content (AvgIpc) is 3.33. The van der Waals surface area contributed by atoms with Crippen LogP contribution in [0.5, 0.6) is 0 Å². The van der Waals surface area contributed by atoms with E-state index in [4.69, 9.17) is 0 Å². The Morgan fingerprint density at radius 3 is 2.72 bits per heavy atom. The van der Waals surface area contributed by atoms with Gasteiger partial charge in [0.2, 0.25) is 0 Å². The van der Waals surface area contributed by atoms with Crippen LogP contribution in [-0.4, -0.2) is 15.5 Å². The van der Waals surface area contributed by atoms with Gasteiger partial charge in [-0.2, -0.15) is 4.99 Å². The molecule has 0 saturated heterocycles. The highest BCUT2D eigenvalue weighted by molar-refractivity contribution is 7.09. The minimum Gasteiger partial charge on any atom is -0.320 e. The number of aromatic nitrogens is 2. The van der Waals surface area contributed by atoms with Gasteiger partial charge in [0, 0.05) is 23.3 Å². The van der Waals surface area contributed by atoms with Gasteiger partial charge in [-0.3, -0.25) is 9.78 Å². The van der Waals surface area contributed by atoms with Crippen LogP contribution in [-0.2, 0) is 18.4 Å². The molecule has 0 aromatic carbocycles. The molecule has 5 heteroatoms. The predicted molar refractivity (Wildman–Crippen MR) is 102 cm³/mol. The molecule has 134 valence electrons. The van der Waals surface area contributed by atoms with Crippen molar-refractivity contribution in [2.24, 2.45) is 10.9 Å². The molecule has 0 unspecified atom stereocenters. The molecule has 0 aliphatic heterocycles. The van der Waals surface area contributed by atoms with Crippen LogP contribution >= 0.6 is 11.3 Å². The molecular formula is C20H27N3OS. The van der Waals surface area contributed by atoms with Crippen LogP contribution in [0.3, 0.4) is 0 Å². The van der Waals surface area contributed by atoms with Crippen molar-refractivity contribution in [2.75, 3.05) is 0 Å². The van der Waals surface area contributed by atoms with E-state index in [-0.39, 0.29) is 11.3 Å². The molecule has 0 spiro atoms. The summed E-state index contributed by atoms with van der Waals surface area (Å²) < 4.78 is 2.24. The van der Waals surface area contributed by atoms with Gasteiger partial charge < -0.3 is 4.57 Å². The molecule has 0 N–H and O–H groups in total. The highest BCUT2D eigenvalue weighted by Gasteiger charge is 2.27. The van der Waals surface area contributed by atoms with Gasteiger partial charge in [-0.15, -0.1) is 11.3 Å². The molecule has 2 aromatic rings. The van der Waals surface area contributed by atoms with Crippen molar-refractivity contribution < 1.29 is 4.79 Å². The second-order valence-corrected chi connectivity index (χ2v) is 8.90. The minimum absolute atomic E-state index is 0.0528. The minimum atomic E-state index is -0.249. The summed E-state index contributed by atoms with van der Waals surface area (Å²) in [7, 11) is 0. The largest absolute Gasteiger partial charge is 0.320 e. The lowest BCUT2D eigenvalue weighted by Crippen LogP contribution is -2.20. The van der Waals surface area contributed by atoms with E-state index in [2.05, 4.69) is 49.2 Å². The van der Waals surface area contributed by atoms with Crippen molar-refractivity contribution in [3.05, 3.63) is 45.0 Å². The summed E-state index contributed by atoms with van der Waals surface area (Å²) in [5.74, 6) is 0.485. The van der Waals surface area contributed by atoms with Crippen molar-refractivity contribution in [1.29, 1.82) is 0 Å². The standard InChI is InChI=1S/C20H27N3OS/c1-6-14-9-10-21-16(11-14)18(24)22-19-23(12-15-7-8-15)13(2)17(25-19)20(3,4)5/h9-11,15H,6-8,12H2,1-5H3. The van der Waals surface area contributed by atoms with E-state index >= 15 is 0 Å². The second kappa shape index (κ2) is 6.87. The molecule has 4 nitrogen and oxygen atoms in total. The number of pyridine rings is 1. The fourth-order valence-corrected chi connectivity index (χ4v) is 4.19. The van der Waals surface area contributed by atoms with Crippen LogP contribution < -0.4 is 4.80 Å². The lowest BCUT2D eigenvalue weighted by Gasteiger charge is -2.17. The molecule has 3 rings (SSSR count). The van der Waals surface area contributed by atoms with E-state index in [0.29, 0.717) is 5.69 Å². The molecule has 1 saturated carbocycles. The summed E-state index contributed by atoms with van der Waals surface area (Å²) in [5.41, 5.74) is 2.83. The molecule has 1 amide bonds. The van der Waals surface area contributed by atoms with Gasteiger partial charge in [0.15, 0.2) is 4.80 Å². The Kier molecular flexibility index (Phi) is 4.96. The van der Waals surface area contributed by atoms with Crippen LogP contribution in [0.15, 0.2) is 23.3 Å². The second-order valence-electron chi connectivity index (χ2n) is 7.92. The molecule has 2 aromatic heterocycles. The number of aryl methyl sites for hydroxylation is 1. The summed E-state index contributed by atoms with van der Waals surface area (Å²) >= 11 is 1.64. The number of amides is 1. The van der Waals surface area contributed by atoms with E-state index in [1.54, 1.807) is 17.5 Å². The fourth-order valence-electron chi connectivity index (χ4n) is 2.99. The molecule has 0 atom stereocenters. The van der Waals surface area contributed by atoms with Gasteiger partial charge in [-0.05, 0) is 55.2 Å². The number of hydrogen-bond acceptors (Lipinski definition) is 3. The third-order valence-electron chi connectivity index (χ3n) is 4.63. The Labute approximate surface area is 153 Å². The number of thiazole rings is 1. The number of carbonyl (C=O) groups excluding carboxylic acids is 1. The van der Waals surface area contributed by atoms with E-state index in [1.165, 1.54) is 23.4 Å². The molecule has 0 bridgehead atoms. The predicted octanol–water partition coefficient (Wildman–Crippen LogP) is 4.26. The van der Waals surface area contributed by atoms with Crippen molar-refractivity contribution in [1.82, 2.24) is 9.55 Å². The van der Waals surface area contributed by atoms with E-state index in [0.717, 1.165) is 29.2 Å². The van der Waals surface area contributed by atoms with Gasteiger partial charge in [0.1, 0.15) is 5.69 Å². The topological polar surface area (TPSA) is 47.2 Å². The zero-order valence-corrected chi connectivity index (χ0v) is 16.6. The molecule has 0 radical (unpaired) electrons. The van der Waals surface area contributed by atoms with Crippen molar-refractivity contribution in [3.8, 4) is 0 Å². The van der Waals surface area contributed by atoms with Gasteiger partial charge in [-0.1, -0.05) is 27.7 Å². The van der Waals surface area contributed by atoms with Crippen LogP contribution in [0.1, 0.15) is 67.2 Å². The first kappa shape index (κ1) is 18.1. The van der Waals surface area contributed by atoms with Crippen LogP contribution in [0.4, 0.5) is 0 Å². The lowest BCUT2D eigenvalue weighted by atomic mass is 9.93. The Balaban J connectivity index is 2.04. The number of carbonyl (C=O) groups is 1. The van der Waals surface area contributed by atoms with Gasteiger partial charge in [-0.25, -0.2) is 0 Å². The zero-order valence-electron chi connectivity index (χ0n) is 15.8. The maximum Gasteiger partial charge on any atom is 0.298 e. The summed E-state index contributed by atoms with van der Waals surface area (Å²) in [6.07, 6.45) is 5.14. The first-order valence-electron chi connectivity index (χ1n) is 9.04. The highest BCUT2D eigenvalue weighted by Crippen LogP contribution is 2.33. The molecular weight excluding hydrogens is 330 g/mol. The SMILES string of the molecule is CCc1ccnc(C(=O)N=c2sc(C(C)(C)C)c(C)n2CC2CC2)c1. The molecule has 2 heterocycles. The quantitative estimate of drug-likeness (QED) is 0.820. The molecule has 1 aliphatic rings. The van der Waals surface area contributed by atoms with E-state index in [1.807, 2.05) is 12.1 Å².